The second-order valence-corrected chi connectivity index (χ2v) is 5.35. The zero-order chi connectivity index (χ0) is 11.8. The van der Waals surface area contributed by atoms with Gasteiger partial charge in [0, 0.05) is 0 Å². The summed E-state index contributed by atoms with van der Waals surface area (Å²) in [6, 6.07) is 0. The third-order valence-electron chi connectivity index (χ3n) is 3.54. The first-order valence-electron chi connectivity index (χ1n) is 7.09. The van der Waals surface area contributed by atoms with E-state index in [2.05, 4.69) is 13.5 Å². The Bertz CT molecular complexity index is 194. The molecule has 1 atom stereocenters. The van der Waals surface area contributed by atoms with Crippen LogP contribution in [0.3, 0.4) is 0 Å². The van der Waals surface area contributed by atoms with Crippen LogP contribution in [0.15, 0.2) is 12.2 Å². The van der Waals surface area contributed by atoms with Crippen molar-refractivity contribution in [2.45, 2.75) is 77.2 Å². The van der Waals surface area contributed by atoms with Gasteiger partial charge in [0.1, 0.15) is 0 Å². The highest BCUT2D eigenvalue weighted by Gasteiger charge is 2.25. The van der Waals surface area contributed by atoms with Crippen molar-refractivity contribution < 1.29 is 5.11 Å². The summed E-state index contributed by atoms with van der Waals surface area (Å²) >= 11 is 0. The minimum Gasteiger partial charge on any atom is -0.393 e. The Balaban J connectivity index is 1.89. The van der Waals surface area contributed by atoms with Crippen molar-refractivity contribution in [3.8, 4) is 0 Å². The van der Waals surface area contributed by atoms with Crippen LogP contribution in [0.25, 0.3) is 0 Å². The Morgan fingerprint density at radius 3 is 2.44 bits per heavy atom. The van der Waals surface area contributed by atoms with Crippen LogP contribution < -0.4 is 0 Å². The molecule has 1 N–H and O–H groups in total. The number of unbranched alkanes of at least 4 members (excludes halogenated alkanes) is 5. The molecule has 1 aliphatic carbocycles. The molecule has 0 aromatic rings. The first-order valence-corrected chi connectivity index (χ1v) is 7.09. The molecule has 1 aliphatic rings. The zero-order valence-corrected chi connectivity index (χ0v) is 10.9. The number of hydrogen-bond donors (Lipinski definition) is 1. The smallest absolute Gasteiger partial charge is 0.0577 e. The summed E-state index contributed by atoms with van der Waals surface area (Å²) in [7, 11) is 0. The average molecular weight is 224 g/mol. The second-order valence-electron chi connectivity index (χ2n) is 5.35. The minimum atomic E-state index is -0.126. The molecule has 0 aliphatic heterocycles. The Morgan fingerprint density at radius 1 is 1.19 bits per heavy atom. The van der Waals surface area contributed by atoms with E-state index in [1.165, 1.54) is 56.9 Å². The first-order chi connectivity index (χ1) is 7.74. The topological polar surface area (TPSA) is 20.2 Å². The maximum Gasteiger partial charge on any atom is 0.0577 e. The van der Waals surface area contributed by atoms with Crippen LogP contribution in [0.5, 0.6) is 0 Å². The number of aliphatic hydroxyl groups is 1. The lowest BCUT2D eigenvalue weighted by molar-refractivity contribution is 0.159. The molecule has 0 heterocycles. The molecule has 0 spiro atoms. The Labute approximate surface area is 101 Å². The van der Waals surface area contributed by atoms with Crippen molar-refractivity contribution >= 4 is 0 Å². The van der Waals surface area contributed by atoms with Gasteiger partial charge < -0.3 is 5.11 Å². The van der Waals surface area contributed by atoms with Crippen LogP contribution in [0, 0.1) is 5.92 Å². The van der Waals surface area contributed by atoms with E-state index < -0.39 is 0 Å². The summed E-state index contributed by atoms with van der Waals surface area (Å²) in [5, 5.41) is 9.84. The molecule has 0 saturated heterocycles. The average Bonchev–Trinajstić information content (AvgIpc) is 3.06. The lowest BCUT2D eigenvalue weighted by Crippen LogP contribution is -2.08. The minimum absolute atomic E-state index is 0.126. The molecule has 0 amide bonds. The van der Waals surface area contributed by atoms with Crippen LogP contribution in [0.4, 0.5) is 0 Å². The van der Waals surface area contributed by atoms with Gasteiger partial charge in [-0.2, -0.15) is 0 Å². The van der Waals surface area contributed by atoms with Crippen LogP contribution in [-0.2, 0) is 0 Å². The van der Waals surface area contributed by atoms with Crippen LogP contribution >= 0.6 is 0 Å². The van der Waals surface area contributed by atoms with Crippen molar-refractivity contribution in [1.29, 1.82) is 0 Å². The molecule has 0 aromatic carbocycles. The van der Waals surface area contributed by atoms with Crippen molar-refractivity contribution in [3.05, 3.63) is 12.2 Å². The van der Waals surface area contributed by atoms with E-state index in [1.54, 1.807) is 0 Å². The SMILES string of the molecule is C=C(CC(O)CCCCCCCC)C1CC1. The lowest BCUT2D eigenvalue weighted by atomic mass is 10.0. The Morgan fingerprint density at radius 2 is 1.81 bits per heavy atom. The fraction of sp³-hybridized carbons (Fsp3) is 0.867. The van der Waals surface area contributed by atoms with Crippen molar-refractivity contribution in [2.24, 2.45) is 5.92 Å². The molecular weight excluding hydrogens is 196 g/mol. The monoisotopic (exact) mass is 224 g/mol. The summed E-state index contributed by atoms with van der Waals surface area (Å²) in [6.45, 7) is 6.31. The van der Waals surface area contributed by atoms with Crippen molar-refractivity contribution in [3.63, 3.8) is 0 Å². The summed E-state index contributed by atoms with van der Waals surface area (Å²) in [5.74, 6) is 0.749. The molecule has 0 radical (unpaired) electrons. The summed E-state index contributed by atoms with van der Waals surface area (Å²) < 4.78 is 0. The number of rotatable bonds is 10. The molecule has 0 bridgehead atoms. The highest BCUT2D eigenvalue weighted by molar-refractivity contribution is 5.08. The third kappa shape index (κ3) is 6.32. The van der Waals surface area contributed by atoms with Gasteiger partial charge >= 0.3 is 0 Å². The van der Waals surface area contributed by atoms with E-state index in [0.29, 0.717) is 0 Å². The highest BCUT2D eigenvalue weighted by atomic mass is 16.3. The summed E-state index contributed by atoms with van der Waals surface area (Å²) in [6.07, 6.45) is 12.1. The third-order valence-corrected chi connectivity index (χ3v) is 3.54. The van der Waals surface area contributed by atoms with Gasteiger partial charge in [-0.15, -0.1) is 0 Å². The zero-order valence-electron chi connectivity index (χ0n) is 10.9. The molecule has 1 heteroatoms. The van der Waals surface area contributed by atoms with Crippen molar-refractivity contribution in [1.82, 2.24) is 0 Å². The summed E-state index contributed by atoms with van der Waals surface area (Å²) in [4.78, 5) is 0. The van der Waals surface area contributed by atoms with Crippen LogP contribution in [0.1, 0.15) is 71.1 Å². The van der Waals surface area contributed by atoms with Gasteiger partial charge in [0.2, 0.25) is 0 Å². The van der Waals surface area contributed by atoms with Crippen LogP contribution in [-0.4, -0.2) is 11.2 Å². The highest BCUT2D eigenvalue weighted by Crippen LogP contribution is 2.37. The van der Waals surface area contributed by atoms with Gasteiger partial charge in [-0.05, 0) is 31.6 Å². The van der Waals surface area contributed by atoms with Crippen molar-refractivity contribution in [2.75, 3.05) is 0 Å². The van der Waals surface area contributed by atoms with Gasteiger partial charge in [-0.25, -0.2) is 0 Å². The molecule has 1 nitrogen and oxygen atoms in total. The van der Waals surface area contributed by atoms with Crippen LogP contribution in [0.2, 0.25) is 0 Å². The molecule has 1 saturated carbocycles. The maximum absolute atomic E-state index is 9.84. The van der Waals surface area contributed by atoms with E-state index in [9.17, 15) is 5.11 Å². The molecule has 94 valence electrons. The largest absolute Gasteiger partial charge is 0.393 e. The van der Waals surface area contributed by atoms with E-state index in [-0.39, 0.29) is 6.10 Å². The van der Waals surface area contributed by atoms with Gasteiger partial charge in [0.05, 0.1) is 6.10 Å². The predicted octanol–water partition coefficient (Wildman–Crippen LogP) is 4.45. The lowest BCUT2D eigenvalue weighted by Gasteiger charge is -2.11. The molecule has 1 fully saturated rings. The molecule has 1 rings (SSSR count). The van der Waals surface area contributed by atoms with E-state index in [4.69, 9.17) is 0 Å². The fourth-order valence-electron chi connectivity index (χ4n) is 2.22. The normalized spacial score (nSPS) is 17.4. The number of aliphatic hydroxyl groups excluding tert-OH is 1. The molecular formula is C15H28O. The Hall–Kier alpha value is -0.300. The van der Waals surface area contributed by atoms with Gasteiger partial charge in [0.15, 0.2) is 0 Å². The van der Waals surface area contributed by atoms with E-state index in [0.717, 1.165) is 18.8 Å². The number of hydrogen-bond acceptors (Lipinski definition) is 1. The van der Waals surface area contributed by atoms with E-state index >= 15 is 0 Å². The fourth-order valence-corrected chi connectivity index (χ4v) is 2.22. The quantitative estimate of drug-likeness (QED) is 0.429. The first kappa shape index (κ1) is 13.8. The second kappa shape index (κ2) is 7.89. The molecule has 0 aromatic heterocycles. The predicted molar refractivity (Wildman–Crippen MR) is 70.5 cm³/mol. The van der Waals surface area contributed by atoms with E-state index in [1.807, 2.05) is 0 Å². The Kier molecular flexibility index (Phi) is 6.79. The standard InChI is InChI=1S/C15H28O/c1-3-4-5-6-7-8-9-15(16)12-13(2)14-10-11-14/h14-16H,2-12H2,1H3. The summed E-state index contributed by atoms with van der Waals surface area (Å²) in [5.41, 5.74) is 1.29. The van der Waals surface area contributed by atoms with Gasteiger partial charge in [0.25, 0.3) is 0 Å². The van der Waals surface area contributed by atoms with Gasteiger partial charge in [-0.3, -0.25) is 0 Å². The maximum atomic E-state index is 9.84. The molecule has 1 unspecified atom stereocenters. The molecule has 16 heavy (non-hydrogen) atoms. The van der Waals surface area contributed by atoms with Gasteiger partial charge in [-0.1, -0.05) is 57.6 Å².